The first kappa shape index (κ1) is 11.6. The molecule has 0 bridgehead atoms. The van der Waals surface area contributed by atoms with Crippen molar-refractivity contribution in [1.82, 2.24) is 10.2 Å². The van der Waals surface area contributed by atoms with Crippen LogP contribution in [0.15, 0.2) is 6.07 Å². The lowest BCUT2D eigenvalue weighted by Crippen LogP contribution is -2.24. The highest BCUT2D eigenvalue weighted by atomic mass is 79.9. The maximum absolute atomic E-state index is 11.7. The van der Waals surface area contributed by atoms with Gasteiger partial charge in [-0.15, -0.1) is 0 Å². The molecule has 1 amide bonds. The molecule has 1 N–H and O–H groups in total. The minimum absolute atomic E-state index is 0.143. The predicted molar refractivity (Wildman–Crippen MR) is 67.0 cm³/mol. The highest BCUT2D eigenvalue weighted by molar-refractivity contribution is 9.09. The molecule has 2 unspecified atom stereocenters. The summed E-state index contributed by atoms with van der Waals surface area (Å²) >= 11 is 3.47. The molecular weight excluding hydrogens is 270 g/mol. The lowest BCUT2D eigenvalue weighted by atomic mass is 10.1. The zero-order valence-corrected chi connectivity index (χ0v) is 11.1. The number of rotatable bonds is 3. The molecule has 0 aromatic carbocycles. The van der Waals surface area contributed by atoms with Crippen LogP contribution in [-0.2, 0) is 4.79 Å². The molecule has 1 aromatic rings. The summed E-state index contributed by atoms with van der Waals surface area (Å²) in [5.74, 6) is 1.35. The van der Waals surface area contributed by atoms with Crippen molar-refractivity contribution in [2.24, 2.45) is 0 Å². The molecule has 2 atom stereocenters. The third-order valence-corrected chi connectivity index (χ3v) is 3.70. The molecule has 0 aliphatic carbocycles. The standard InChI is InChI=1S/C11H16BrN3O/c1-3-7(2)9-5-10(14-13-9)15-6-8(12)4-11(15)16/h5,7-8H,3-4,6H2,1-2H3,(H,13,14). The molecule has 1 fully saturated rings. The summed E-state index contributed by atoms with van der Waals surface area (Å²) in [6.07, 6.45) is 1.63. The molecule has 2 rings (SSSR count). The number of carbonyl (C=O) groups excluding carboxylic acids is 1. The van der Waals surface area contributed by atoms with Crippen LogP contribution in [0.25, 0.3) is 0 Å². The Hall–Kier alpha value is -0.840. The van der Waals surface area contributed by atoms with Gasteiger partial charge >= 0.3 is 0 Å². The van der Waals surface area contributed by atoms with E-state index in [1.807, 2.05) is 6.07 Å². The molecule has 1 aliphatic rings. The molecule has 88 valence electrons. The second kappa shape index (κ2) is 4.57. The van der Waals surface area contributed by atoms with Crippen molar-refractivity contribution in [3.8, 4) is 0 Å². The van der Waals surface area contributed by atoms with Crippen LogP contribution in [0.5, 0.6) is 0 Å². The van der Waals surface area contributed by atoms with E-state index in [0.717, 1.165) is 17.9 Å². The third kappa shape index (κ3) is 2.14. The van der Waals surface area contributed by atoms with Gasteiger partial charge in [0, 0.05) is 29.6 Å². The van der Waals surface area contributed by atoms with Crippen LogP contribution in [0.3, 0.4) is 0 Å². The van der Waals surface area contributed by atoms with Gasteiger partial charge in [-0.3, -0.25) is 14.8 Å². The normalized spacial score (nSPS) is 22.8. The molecule has 0 spiro atoms. The number of hydrogen-bond donors (Lipinski definition) is 1. The number of amides is 1. The summed E-state index contributed by atoms with van der Waals surface area (Å²) in [6, 6.07) is 1.98. The Kier molecular flexibility index (Phi) is 3.33. The van der Waals surface area contributed by atoms with Crippen LogP contribution >= 0.6 is 15.9 Å². The highest BCUT2D eigenvalue weighted by Crippen LogP contribution is 2.26. The van der Waals surface area contributed by atoms with E-state index in [4.69, 9.17) is 0 Å². The number of nitrogens with zero attached hydrogens (tertiary/aromatic N) is 2. The van der Waals surface area contributed by atoms with Crippen LogP contribution in [0.4, 0.5) is 5.82 Å². The number of alkyl halides is 1. The molecule has 0 saturated carbocycles. The molecule has 2 heterocycles. The van der Waals surface area contributed by atoms with Crippen LogP contribution in [0, 0.1) is 0 Å². The third-order valence-electron chi connectivity index (χ3n) is 3.08. The van der Waals surface area contributed by atoms with E-state index in [1.165, 1.54) is 0 Å². The van der Waals surface area contributed by atoms with Crippen molar-refractivity contribution in [2.75, 3.05) is 11.4 Å². The van der Waals surface area contributed by atoms with Crippen LogP contribution < -0.4 is 4.90 Å². The Labute approximate surface area is 104 Å². The fourth-order valence-electron chi connectivity index (χ4n) is 1.82. The molecule has 0 radical (unpaired) electrons. The lowest BCUT2D eigenvalue weighted by Gasteiger charge is -2.11. The summed E-state index contributed by atoms with van der Waals surface area (Å²) in [4.78, 5) is 13.7. The maximum atomic E-state index is 11.7. The number of aromatic amines is 1. The number of nitrogens with one attached hydrogen (secondary N) is 1. The summed E-state index contributed by atoms with van der Waals surface area (Å²) in [5.41, 5.74) is 1.10. The Morgan fingerprint density at radius 3 is 3.06 bits per heavy atom. The average Bonchev–Trinajstić information content (AvgIpc) is 2.83. The number of H-pyrrole nitrogens is 1. The van der Waals surface area contributed by atoms with Gasteiger partial charge in [-0.2, -0.15) is 5.10 Å². The minimum Gasteiger partial charge on any atom is -0.294 e. The Bertz CT molecular complexity index is 390. The van der Waals surface area contributed by atoms with Crippen LogP contribution in [0.1, 0.15) is 38.3 Å². The van der Waals surface area contributed by atoms with Crippen molar-refractivity contribution >= 4 is 27.7 Å². The topological polar surface area (TPSA) is 49.0 Å². The summed E-state index contributed by atoms with van der Waals surface area (Å²) in [7, 11) is 0. The van der Waals surface area contributed by atoms with Crippen LogP contribution in [0.2, 0.25) is 0 Å². The summed E-state index contributed by atoms with van der Waals surface area (Å²) in [6.45, 7) is 5.00. The van der Waals surface area contributed by atoms with Gasteiger partial charge in [0.2, 0.25) is 5.91 Å². The Morgan fingerprint density at radius 1 is 1.75 bits per heavy atom. The number of hydrogen-bond acceptors (Lipinski definition) is 2. The zero-order valence-electron chi connectivity index (χ0n) is 9.53. The van der Waals surface area contributed by atoms with E-state index < -0.39 is 0 Å². The second-order valence-electron chi connectivity index (χ2n) is 4.30. The van der Waals surface area contributed by atoms with E-state index in [0.29, 0.717) is 18.9 Å². The number of anilines is 1. The van der Waals surface area contributed by atoms with Gasteiger partial charge in [-0.25, -0.2) is 0 Å². The molecule has 5 heteroatoms. The SMILES string of the molecule is CCC(C)c1cc(N2CC(Br)CC2=O)n[nH]1. The van der Waals surface area contributed by atoms with Gasteiger partial charge in [0.25, 0.3) is 0 Å². The molecule has 1 saturated heterocycles. The number of carbonyl (C=O) groups is 1. The van der Waals surface area contributed by atoms with Crippen molar-refractivity contribution in [2.45, 2.75) is 37.4 Å². The smallest absolute Gasteiger partial charge is 0.229 e. The highest BCUT2D eigenvalue weighted by Gasteiger charge is 2.30. The van der Waals surface area contributed by atoms with Gasteiger partial charge in [0.15, 0.2) is 5.82 Å². The van der Waals surface area contributed by atoms with Gasteiger partial charge < -0.3 is 0 Å². The average molecular weight is 286 g/mol. The van der Waals surface area contributed by atoms with Crippen molar-refractivity contribution < 1.29 is 4.79 Å². The molecule has 1 aliphatic heterocycles. The van der Waals surface area contributed by atoms with Crippen molar-refractivity contribution in [1.29, 1.82) is 0 Å². The van der Waals surface area contributed by atoms with E-state index >= 15 is 0 Å². The van der Waals surface area contributed by atoms with Gasteiger partial charge in [0.1, 0.15) is 0 Å². The first-order valence-electron chi connectivity index (χ1n) is 5.61. The Balaban J connectivity index is 2.16. The first-order valence-corrected chi connectivity index (χ1v) is 6.53. The maximum Gasteiger partial charge on any atom is 0.229 e. The lowest BCUT2D eigenvalue weighted by molar-refractivity contribution is -0.117. The molecule has 16 heavy (non-hydrogen) atoms. The molecule has 1 aromatic heterocycles. The van der Waals surface area contributed by atoms with Gasteiger partial charge in [0.05, 0.1) is 0 Å². The fourth-order valence-corrected chi connectivity index (χ4v) is 2.39. The summed E-state index contributed by atoms with van der Waals surface area (Å²) in [5, 5.41) is 7.22. The largest absolute Gasteiger partial charge is 0.294 e. The summed E-state index contributed by atoms with van der Waals surface area (Å²) < 4.78 is 0. The first-order chi connectivity index (χ1) is 7.61. The number of halogens is 1. The van der Waals surface area contributed by atoms with E-state index in [1.54, 1.807) is 4.90 Å². The van der Waals surface area contributed by atoms with E-state index in [-0.39, 0.29) is 10.7 Å². The molecular formula is C11H16BrN3O. The van der Waals surface area contributed by atoms with Crippen molar-refractivity contribution in [3.05, 3.63) is 11.8 Å². The molecule has 4 nitrogen and oxygen atoms in total. The predicted octanol–water partition coefficient (Wildman–Crippen LogP) is 2.42. The van der Waals surface area contributed by atoms with Crippen LogP contribution in [-0.4, -0.2) is 27.5 Å². The van der Waals surface area contributed by atoms with E-state index in [2.05, 4.69) is 40.0 Å². The monoisotopic (exact) mass is 285 g/mol. The van der Waals surface area contributed by atoms with Gasteiger partial charge in [-0.05, 0) is 12.3 Å². The zero-order chi connectivity index (χ0) is 11.7. The fraction of sp³-hybridized carbons (Fsp3) is 0.636. The quantitative estimate of drug-likeness (QED) is 0.867. The Morgan fingerprint density at radius 2 is 2.50 bits per heavy atom. The van der Waals surface area contributed by atoms with Gasteiger partial charge in [-0.1, -0.05) is 29.8 Å². The second-order valence-corrected chi connectivity index (χ2v) is 5.59. The van der Waals surface area contributed by atoms with Crippen molar-refractivity contribution in [3.63, 3.8) is 0 Å². The van der Waals surface area contributed by atoms with E-state index in [9.17, 15) is 4.79 Å². The minimum atomic E-state index is 0.143. The number of aromatic nitrogens is 2.